The van der Waals surface area contributed by atoms with Gasteiger partial charge in [-0.3, -0.25) is 24.1 Å². The van der Waals surface area contributed by atoms with Gasteiger partial charge in [-0.25, -0.2) is 4.79 Å². The highest BCUT2D eigenvalue weighted by molar-refractivity contribution is 9.12. The van der Waals surface area contributed by atoms with E-state index in [1.54, 1.807) is 30.3 Å². The number of hydrogen-bond donors (Lipinski definition) is 0. The molecule has 1 saturated heterocycles. The Morgan fingerprint density at radius 3 is 2.00 bits per heavy atom. The molecule has 186 valence electrons. The lowest BCUT2D eigenvalue weighted by molar-refractivity contribution is -0.152. The summed E-state index contributed by atoms with van der Waals surface area (Å²) in [5.41, 5.74) is 0.656. The van der Waals surface area contributed by atoms with E-state index in [4.69, 9.17) is 9.47 Å². The monoisotopic (exact) mass is 617 g/mol. The molecule has 2 saturated carbocycles. The molecule has 0 radical (unpaired) electrons. The van der Waals surface area contributed by atoms with Crippen LogP contribution in [0.3, 0.4) is 0 Å². The van der Waals surface area contributed by atoms with Gasteiger partial charge in [0.1, 0.15) is 12.3 Å². The predicted molar refractivity (Wildman–Crippen MR) is 134 cm³/mol. The first-order chi connectivity index (χ1) is 17.3. The van der Waals surface area contributed by atoms with E-state index in [9.17, 15) is 24.0 Å². The number of rotatable bonds is 7. The SMILES string of the molecule is O=C(CN1C(=O)C2C3CC(C(Br)C3Br)C2C1=O)OCC(=O)c1ccc(OC(=O)c2ccccc2)cc1. The number of likely N-dealkylation sites (tertiary alicyclic amines) is 1. The molecule has 2 amide bonds. The fourth-order valence-electron chi connectivity index (χ4n) is 5.42. The van der Waals surface area contributed by atoms with Crippen molar-refractivity contribution in [1.29, 1.82) is 0 Å². The lowest BCUT2D eigenvalue weighted by Crippen LogP contribution is -2.38. The molecule has 3 fully saturated rings. The molecule has 10 heteroatoms. The number of ketones is 1. The maximum absolute atomic E-state index is 12.9. The van der Waals surface area contributed by atoms with E-state index >= 15 is 0 Å². The van der Waals surface area contributed by atoms with Gasteiger partial charge in [-0.2, -0.15) is 0 Å². The molecule has 3 aliphatic rings. The van der Waals surface area contributed by atoms with E-state index < -0.39 is 42.7 Å². The molecule has 2 aromatic rings. The Kier molecular flexibility index (Phi) is 6.82. The third-order valence-electron chi connectivity index (χ3n) is 7.13. The van der Waals surface area contributed by atoms with Crippen molar-refractivity contribution in [3.8, 4) is 5.75 Å². The van der Waals surface area contributed by atoms with Crippen LogP contribution in [0.25, 0.3) is 0 Å². The highest BCUT2D eigenvalue weighted by atomic mass is 79.9. The van der Waals surface area contributed by atoms with Gasteiger partial charge in [-0.15, -0.1) is 0 Å². The summed E-state index contributed by atoms with van der Waals surface area (Å²) in [6.07, 6.45) is 0.801. The fraction of sp³-hybridized carbons (Fsp3) is 0.346. The van der Waals surface area contributed by atoms with Crippen LogP contribution in [0.1, 0.15) is 27.1 Å². The Balaban J connectivity index is 1.13. The molecule has 0 spiro atoms. The third-order valence-corrected chi connectivity index (χ3v) is 10.3. The van der Waals surface area contributed by atoms with Gasteiger partial charge in [0.25, 0.3) is 0 Å². The van der Waals surface area contributed by atoms with Crippen LogP contribution >= 0.6 is 31.9 Å². The molecule has 5 rings (SSSR count). The number of carbonyl (C=O) groups is 5. The second kappa shape index (κ2) is 9.89. The number of hydrogen-bond acceptors (Lipinski definition) is 7. The van der Waals surface area contributed by atoms with Gasteiger partial charge in [-0.1, -0.05) is 50.1 Å². The zero-order valence-electron chi connectivity index (χ0n) is 18.8. The standard InChI is InChI=1S/C26H21Br2NO7/c27-22-16-10-17(23(22)28)21-20(16)24(32)29(25(21)33)11-19(31)35-12-18(30)13-6-8-15(9-7-13)36-26(34)14-4-2-1-3-5-14/h1-9,16-17,20-23H,10-12H2. The molecule has 36 heavy (non-hydrogen) atoms. The van der Waals surface area contributed by atoms with Crippen molar-refractivity contribution in [1.82, 2.24) is 4.90 Å². The smallest absolute Gasteiger partial charge is 0.343 e. The third kappa shape index (κ3) is 4.41. The molecule has 2 aliphatic carbocycles. The molecule has 2 bridgehead atoms. The lowest BCUT2D eigenvalue weighted by Gasteiger charge is -2.28. The van der Waals surface area contributed by atoms with Gasteiger partial charge < -0.3 is 9.47 Å². The van der Waals surface area contributed by atoms with Crippen molar-refractivity contribution < 1.29 is 33.4 Å². The van der Waals surface area contributed by atoms with Crippen LogP contribution in [-0.2, 0) is 19.1 Å². The van der Waals surface area contributed by atoms with Gasteiger partial charge in [-0.05, 0) is 54.7 Å². The number of imide groups is 1. The Morgan fingerprint density at radius 2 is 1.42 bits per heavy atom. The van der Waals surface area contributed by atoms with Gasteiger partial charge in [0.15, 0.2) is 12.4 Å². The summed E-state index contributed by atoms with van der Waals surface area (Å²) < 4.78 is 10.3. The quantitative estimate of drug-likeness (QED) is 0.154. The number of esters is 2. The highest BCUT2D eigenvalue weighted by Crippen LogP contribution is 2.60. The Bertz CT molecular complexity index is 1200. The van der Waals surface area contributed by atoms with Gasteiger partial charge >= 0.3 is 11.9 Å². The van der Waals surface area contributed by atoms with Crippen LogP contribution in [-0.4, -0.2) is 57.2 Å². The predicted octanol–water partition coefficient (Wildman–Crippen LogP) is 3.41. The van der Waals surface area contributed by atoms with Crippen LogP contribution in [0.2, 0.25) is 0 Å². The molecule has 1 heterocycles. The number of ether oxygens (including phenoxy) is 2. The van der Waals surface area contributed by atoms with Crippen molar-refractivity contribution >= 4 is 61.4 Å². The van der Waals surface area contributed by atoms with E-state index in [1.807, 2.05) is 0 Å². The average Bonchev–Trinajstić information content (AvgIpc) is 3.49. The Morgan fingerprint density at radius 1 is 0.833 bits per heavy atom. The van der Waals surface area contributed by atoms with Gasteiger partial charge in [0.2, 0.25) is 11.8 Å². The zero-order valence-corrected chi connectivity index (χ0v) is 22.0. The summed E-state index contributed by atoms with van der Waals surface area (Å²) in [5, 5.41) is 0. The molecule has 6 unspecified atom stereocenters. The molecular weight excluding hydrogens is 598 g/mol. The molecule has 2 aromatic carbocycles. The molecule has 0 aromatic heterocycles. The number of halogens is 2. The minimum Gasteiger partial charge on any atom is -0.456 e. The maximum Gasteiger partial charge on any atom is 0.343 e. The van der Waals surface area contributed by atoms with E-state index in [0.29, 0.717) is 5.56 Å². The minimum absolute atomic E-state index is 0.0540. The van der Waals surface area contributed by atoms with E-state index in [-0.39, 0.29) is 44.6 Å². The number of fused-ring (bicyclic) bond motifs is 5. The Labute approximate surface area is 223 Å². The molecule has 1 aliphatic heterocycles. The Hall–Kier alpha value is -2.85. The fourth-order valence-corrected chi connectivity index (χ4v) is 7.29. The molecule has 0 N–H and O–H groups in total. The van der Waals surface area contributed by atoms with E-state index in [1.165, 1.54) is 24.3 Å². The second-order valence-corrected chi connectivity index (χ2v) is 11.2. The second-order valence-electron chi connectivity index (χ2n) is 9.13. The van der Waals surface area contributed by atoms with Crippen molar-refractivity contribution in [3.05, 3.63) is 65.7 Å². The summed E-state index contributed by atoms with van der Waals surface area (Å²) >= 11 is 7.24. The maximum atomic E-state index is 12.9. The zero-order chi connectivity index (χ0) is 25.6. The number of alkyl halides is 2. The molecular formula is C26H21Br2NO7. The highest BCUT2D eigenvalue weighted by Gasteiger charge is 2.66. The van der Waals surface area contributed by atoms with Gasteiger partial charge in [0.05, 0.1) is 17.4 Å². The first-order valence-electron chi connectivity index (χ1n) is 11.5. The van der Waals surface area contributed by atoms with Crippen LogP contribution in [0.4, 0.5) is 0 Å². The summed E-state index contributed by atoms with van der Waals surface area (Å²) in [4.78, 5) is 63.9. The number of Topliss-reactive ketones (excluding diaryl/α,β-unsaturated/α-hetero) is 1. The van der Waals surface area contributed by atoms with Crippen LogP contribution in [0, 0.1) is 23.7 Å². The average molecular weight is 619 g/mol. The number of benzene rings is 2. The summed E-state index contributed by atoms with van der Waals surface area (Å²) in [7, 11) is 0. The van der Waals surface area contributed by atoms with Gasteiger partial charge in [0, 0.05) is 15.2 Å². The van der Waals surface area contributed by atoms with Crippen molar-refractivity contribution in [3.63, 3.8) is 0 Å². The van der Waals surface area contributed by atoms with Crippen molar-refractivity contribution in [2.24, 2.45) is 23.7 Å². The minimum atomic E-state index is -0.823. The van der Waals surface area contributed by atoms with Crippen LogP contribution < -0.4 is 4.74 Å². The van der Waals surface area contributed by atoms with Crippen LogP contribution in [0.5, 0.6) is 5.75 Å². The summed E-state index contributed by atoms with van der Waals surface area (Å²) in [5.74, 6) is -2.95. The van der Waals surface area contributed by atoms with E-state index in [0.717, 1.165) is 11.3 Å². The van der Waals surface area contributed by atoms with E-state index in [2.05, 4.69) is 31.9 Å². The summed E-state index contributed by atoms with van der Waals surface area (Å²) in [6, 6.07) is 14.4. The first kappa shape index (κ1) is 24.8. The topological polar surface area (TPSA) is 107 Å². The number of carbonyl (C=O) groups excluding carboxylic acids is 5. The molecule has 6 atom stereocenters. The molecule has 8 nitrogen and oxygen atoms in total. The normalized spacial score (nSPS) is 28.2. The van der Waals surface area contributed by atoms with Crippen molar-refractivity contribution in [2.75, 3.05) is 13.2 Å². The summed E-state index contributed by atoms with van der Waals surface area (Å²) in [6.45, 7) is -1.05. The van der Waals surface area contributed by atoms with Crippen molar-refractivity contribution in [2.45, 2.75) is 16.1 Å². The largest absolute Gasteiger partial charge is 0.456 e. The lowest BCUT2D eigenvalue weighted by atomic mass is 9.81. The number of amides is 2. The first-order valence-corrected chi connectivity index (χ1v) is 13.3. The van der Waals surface area contributed by atoms with Crippen LogP contribution in [0.15, 0.2) is 54.6 Å². The number of nitrogens with zero attached hydrogens (tertiary/aromatic N) is 1.